The van der Waals surface area contributed by atoms with Crippen LogP contribution < -0.4 is 4.90 Å². The molecule has 5 aliphatic rings. The smallest absolute Gasteiger partial charge is 0.237 e. The SMILES string of the molecule is O=C1[C@@H]2[C@@H]3CC[C@@H]([C@@H]4C[C@@H]43)[C@@H]2C(=O)N1c1cc(Cl)cc(Cl)c1. The summed E-state index contributed by atoms with van der Waals surface area (Å²) in [6.45, 7) is 0. The second-order valence-electron chi connectivity index (χ2n) is 7.16. The highest BCUT2D eigenvalue weighted by Gasteiger charge is 2.68. The van der Waals surface area contributed by atoms with E-state index in [9.17, 15) is 9.59 Å². The standard InChI is InChI=1S/C17H15Cl2NO2/c18-7-3-8(19)5-9(4-7)20-16(21)14-10-1-2-11(13-6-12(10)13)15(14)17(20)22/h3-5,10-15H,1-2,6H2/t10-,11+,12-,13+,14-,15+. The van der Waals surface area contributed by atoms with Gasteiger partial charge in [-0.1, -0.05) is 23.2 Å². The zero-order valence-electron chi connectivity index (χ0n) is 11.8. The van der Waals surface area contributed by atoms with Gasteiger partial charge in [-0.05, 0) is 61.1 Å². The van der Waals surface area contributed by atoms with Crippen molar-refractivity contribution in [2.24, 2.45) is 35.5 Å². The van der Waals surface area contributed by atoms with E-state index in [-0.39, 0.29) is 23.7 Å². The van der Waals surface area contributed by atoms with Crippen molar-refractivity contribution >= 4 is 40.7 Å². The second kappa shape index (κ2) is 4.27. The quantitative estimate of drug-likeness (QED) is 0.732. The molecule has 1 aromatic carbocycles. The fraction of sp³-hybridized carbons (Fsp3) is 0.529. The zero-order chi connectivity index (χ0) is 15.2. The van der Waals surface area contributed by atoms with E-state index in [0.29, 0.717) is 39.4 Å². The van der Waals surface area contributed by atoms with Crippen molar-refractivity contribution in [3.63, 3.8) is 0 Å². The highest BCUT2D eigenvalue weighted by Crippen LogP contribution is 2.68. The molecule has 2 amide bonds. The lowest BCUT2D eigenvalue weighted by Gasteiger charge is -2.42. The van der Waals surface area contributed by atoms with Crippen molar-refractivity contribution in [2.45, 2.75) is 19.3 Å². The maximum Gasteiger partial charge on any atom is 0.237 e. The molecule has 0 radical (unpaired) electrons. The lowest BCUT2D eigenvalue weighted by molar-refractivity contribution is -0.129. The van der Waals surface area contributed by atoms with Crippen LogP contribution >= 0.6 is 23.2 Å². The summed E-state index contributed by atoms with van der Waals surface area (Å²) >= 11 is 12.1. The number of amides is 2. The third kappa shape index (κ3) is 1.59. The van der Waals surface area contributed by atoms with Gasteiger partial charge in [-0.2, -0.15) is 0 Å². The molecule has 1 aliphatic heterocycles. The molecule has 0 N–H and O–H groups in total. The molecule has 0 spiro atoms. The van der Waals surface area contributed by atoms with Crippen molar-refractivity contribution < 1.29 is 9.59 Å². The van der Waals surface area contributed by atoms with Gasteiger partial charge in [-0.3, -0.25) is 9.59 Å². The Labute approximate surface area is 138 Å². The minimum Gasteiger partial charge on any atom is -0.274 e. The topological polar surface area (TPSA) is 37.4 Å². The summed E-state index contributed by atoms with van der Waals surface area (Å²) < 4.78 is 0. The van der Waals surface area contributed by atoms with Gasteiger partial charge in [0.25, 0.3) is 0 Å². The van der Waals surface area contributed by atoms with Crippen LogP contribution in [0.5, 0.6) is 0 Å². The highest BCUT2D eigenvalue weighted by atomic mass is 35.5. The number of hydrogen-bond acceptors (Lipinski definition) is 2. The summed E-state index contributed by atoms with van der Waals surface area (Å²) in [7, 11) is 0. The van der Waals surface area contributed by atoms with Gasteiger partial charge in [-0.15, -0.1) is 0 Å². The first kappa shape index (κ1) is 13.4. The first-order valence-electron chi connectivity index (χ1n) is 7.90. The Morgan fingerprint density at radius 3 is 1.82 bits per heavy atom. The van der Waals surface area contributed by atoms with Gasteiger partial charge in [0, 0.05) is 10.0 Å². The summed E-state index contributed by atoms with van der Waals surface area (Å²) in [5.74, 6) is 1.94. The molecule has 2 bridgehead atoms. The highest BCUT2D eigenvalue weighted by molar-refractivity contribution is 6.35. The van der Waals surface area contributed by atoms with E-state index in [0.717, 1.165) is 12.8 Å². The largest absolute Gasteiger partial charge is 0.274 e. The van der Waals surface area contributed by atoms with Crippen LogP contribution in [0.2, 0.25) is 10.0 Å². The Kier molecular flexibility index (Phi) is 2.60. The van der Waals surface area contributed by atoms with E-state index in [4.69, 9.17) is 23.2 Å². The number of anilines is 1. The molecular formula is C17H15Cl2NO2. The van der Waals surface area contributed by atoms with Gasteiger partial charge in [0.2, 0.25) is 11.8 Å². The summed E-state index contributed by atoms with van der Waals surface area (Å²) in [6.07, 6.45) is 3.44. The molecule has 4 saturated carbocycles. The van der Waals surface area contributed by atoms with Gasteiger partial charge in [-0.25, -0.2) is 4.90 Å². The molecular weight excluding hydrogens is 321 g/mol. The number of hydrogen-bond donors (Lipinski definition) is 0. The Morgan fingerprint density at radius 2 is 1.32 bits per heavy atom. The lowest BCUT2D eigenvalue weighted by atomic mass is 9.59. The van der Waals surface area contributed by atoms with Gasteiger partial charge < -0.3 is 0 Å². The van der Waals surface area contributed by atoms with E-state index in [1.807, 2.05) is 0 Å². The molecule has 5 heteroatoms. The molecule has 1 saturated heterocycles. The number of carbonyl (C=O) groups excluding carboxylic acids is 2. The van der Waals surface area contributed by atoms with Crippen molar-refractivity contribution in [2.75, 3.05) is 4.90 Å². The minimum atomic E-state index is -0.104. The van der Waals surface area contributed by atoms with Crippen LogP contribution in [-0.2, 0) is 9.59 Å². The van der Waals surface area contributed by atoms with Crippen molar-refractivity contribution in [1.29, 1.82) is 0 Å². The number of carbonyl (C=O) groups is 2. The van der Waals surface area contributed by atoms with Gasteiger partial charge in [0.15, 0.2) is 0 Å². The van der Waals surface area contributed by atoms with E-state index >= 15 is 0 Å². The number of benzene rings is 1. The maximum atomic E-state index is 12.9. The van der Waals surface area contributed by atoms with E-state index in [1.165, 1.54) is 11.3 Å². The van der Waals surface area contributed by atoms with Gasteiger partial charge in [0.1, 0.15) is 0 Å². The summed E-state index contributed by atoms with van der Waals surface area (Å²) in [6, 6.07) is 4.93. The number of halogens is 2. The Balaban J connectivity index is 1.59. The van der Waals surface area contributed by atoms with Crippen molar-refractivity contribution in [1.82, 2.24) is 0 Å². The van der Waals surface area contributed by atoms with E-state index < -0.39 is 0 Å². The molecule has 3 nitrogen and oxygen atoms in total. The van der Waals surface area contributed by atoms with Crippen molar-refractivity contribution in [3.05, 3.63) is 28.2 Å². The predicted molar refractivity (Wildman–Crippen MR) is 83.7 cm³/mol. The maximum absolute atomic E-state index is 12.9. The third-order valence-corrected chi connectivity index (χ3v) is 6.69. The first-order chi connectivity index (χ1) is 10.6. The van der Waals surface area contributed by atoms with Crippen molar-refractivity contribution in [3.8, 4) is 0 Å². The number of fused-ring (bicyclic) bond motifs is 1. The van der Waals surface area contributed by atoms with Crippen LogP contribution in [0, 0.1) is 35.5 Å². The predicted octanol–water partition coefficient (Wildman–Crippen LogP) is 3.77. The van der Waals surface area contributed by atoms with Crippen LogP contribution in [0.15, 0.2) is 18.2 Å². The first-order valence-corrected chi connectivity index (χ1v) is 8.66. The molecule has 6 atom stereocenters. The van der Waals surface area contributed by atoms with Gasteiger partial charge >= 0.3 is 0 Å². The number of rotatable bonds is 1. The molecule has 1 aromatic rings. The molecule has 1 heterocycles. The van der Waals surface area contributed by atoms with Crippen LogP contribution in [0.1, 0.15) is 19.3 Å². The van der Waals surface area contributed by atoms with Crippen LogP contribution in [0.25, 0.3) is 0 Å². The van der Waals surface area contributed by atoms with E-state index in [1.54, 1.807) is 18.2 Å². The minimum absolute atomic E-state index is 0.0339. The zero-order valence-corrected chi connectivity index (χ0v) is 13.3. The molecule has 114 valence electrons. The fourth-order valence-electron chi connectivity index (χ4n) is 5.46. The molecule has 22 heavy (non-hydrogen) atoms. The van der Waals surface area contributed by atoms with Gasteiger partial charge in [0.05, 0.1) is 17.5 Å². The molecule has 4 aliphatic carbocycles. The summed E-state index contributed by atoms with van der Waals surface area (Å²) in [5.41, 5.74) is 0.523. The monoisotopic (exact) mass is 335 g/mol. The average Bonchev–Trinajstić information content (AvgIpc) is 3.23. The van der Waals surface area contributed by atoms with Crippen LogP contribution in [0.3, 0.4) is 0 Å². The fourth-order valence-corrected chi connectivity index (χ4v) is 5.98. The molecule has 6 rings (SSSR count). The summed E-state index contributed by atoms with van der Waals surface area (Å²) in [5, 5.41) is 0.896. The Hall–Kier alpha value is -1.06. The average molecular weight is 336 g/mol. The van der Waals surface area contributed by atoms with Crippen LogP contribution in [-0.4, -0.2) is 11.8 Å². The van der Waals surface area contributed by atoms with E-state index in [2.05, 4.69) is 0 Å². The molecule has 0 aromatic heterocycles. The lowest BCUT2D eigenvalue weighted by Crippen LogP contribution is -2.43. The third-order valence-electron chi connectivity index (χ3n) is 6.25. The Bertz CT molecular complexity index is 664. The Morgan fingerprint density at radius 1 is 0.818 bits per heavy atom. The van der Waals surface area contributed by atoms with Crippen LogP contribution in [0.4, 0.5) is 5.69 Å². The number of nitrogens with zero attached hydrogens (tertiary/aromatic N) is 1. The molecule has 0 unspecified atom stereocenters. The normalized spacial score (nSPS) is 41.6. The molecule has 5 fully saturated rings. The number of imide groups is 1. The summed E-state index contributed by atoms with van der Waals surface area (Å²) in [4.78, 5) is 27.2. The second-order valence-corrected chi connectivity index (χ2v) is 8.03.